The third-order valence-electron chi connectivity index (χ3n) is 6.24. The molecule has 1 aliphatic rings. The van der Waals surface area contributed by atoms with Crippen LogP contribution in [0.5, 0.6) is 0 Å². The molecule has 2 heterocycles. The number of aliphatic imine (C=N–C) groups is 2. The highest BCUT2D eigenvalue weighted by Crippen LogP contribution is 2.35. The molecule has 0 spiro atoms. The molecule has 0 aliphatic carbocycles. The first kappa shape index (κ1) is 29.8. The fourth-order valence-corrected chi connectivity index (χ4v) is 4.86. The van der Waals surface area contributed by atoms with Crippen molar-refractivity contribution in [1.82, 2.24) is 10.2 Å². The molecule has 4 rings (SSSR count). The standard InChI is InChI=1S/C30H32F3N6OP/c1-5-7-24-19-28(39-38-24)37-29-35-26(16-11-21-8-6-9-22(18-21)30(31,32)33)20(2)10-17-27(36-29)34-23-12-14-25(15-13-23)41(3,4)40/h5-9,11-20,34H,10H2,1-4H3,(H2,36,37,38,39)/b7-5+,16-11+,27-17+,35-26-. The fourth-order valence-electron chi connectivity index (χ4n) is 3.99. The lowest BCUT2D eigenvalue weighted by atomic mass is 9.99. The monoisotopic (exact) mass is 580 g/mol. The van der Waals surface area contributed by atoms with Crippen LogP contribution in [0.2, 0.25) is 0 Å². The molecule has 0 saturated carbocycles. The van der Waals surface area contributed by atoms with Crippen LogP contribution in [0.4, 0.5) is 24.7 Å². The van der Waals surface area contributed by atoms with Crippen LogP contribution >= 0.6 is 7.14 Å². The van der Waals surface area contributed by atoms with Crippen molar-refractivity contribution in [3.63, 3.8) is 0 Å². The molecule has 0 saturated heterocycles. The van der Waals surface area contributed by atoms with Crippen molar-refractivity contribution in [2.24, 2.45) is 15.9 Å². The van der Waals surface area contributed by atoms with Crippen LogP contribution in [-0.4, -0.2) is 35.2 Å². The summed E-state index contributed by atoms with van der Waals surface area (Å²) in [5, 5.41) is 14.4. The quantitative estimate of drug-likeness (QED) is 0.251. The second-order valence-corrected chi connectivity index (χ2v) is 13.2. The zero-order chi connectivity index (χ0) is 29.6. The van der Waals surface area contributed by atoms with Crippen LogP contribution < -0.4 is 15.9 Å². The van der Waals surface area contributed by atoms with E-state index in [1.807, 2.05) is 62.4 Å². The minimum atomic E-state index is -4.42. The average Bonchev–Trinajstić information content (AvgIpc) is 3.35. The van der Waals surface area contributed by atoms with E-state index in [0.717, 1.165) is 28.8 Å². The molecule has 1 atom stereocenters. The maximum Gasteiger partial charge on any atom is 0.416 e. The number of rotatable bonds is 7. The summed E-state index contributed by atoms with van der Waals surface area (Å²) in [4.78, 5) is 9.45. The van der Waals surface area contributed by atoms with Crippen molar-refractivity contribution >= 4 is 47.8 Å². The maximum atomic E-state index is 13.2. The number of alkyl halides is 3. The number of H-pyrrole nitrogens is 1. The molecule has 1 aliphatic heterocycles. The lowest BCUT2D eigenvalue weighted by Crippen LogP contribution is -2.19. The SMILES string of the molecule is C/C=C/c1cc(NC2=N/C(Nc3ccc(P(C)(C)=O)cc3)=C/CC(C)C(/C=C/c3cccc(C(F)(F)F)c3)=N\2)n[nH]1. The van der Waals surface area contributed by atoms with Crippen molar-refractivity contribution in [2.75, 3.05) is 24.0 Å². The van der Waals surface area contributed by atoms with E-state index >= 15 is 0 Å². The molecule has 41 heavy (non-hydrogen) atoms. The van der Waals surface area contributed by atoms with Gasteiger partial charge in [-0.1, -0.05) is 31.2 Å². The van der Waals surface area contributed by atoms with Crippen LogP contribution in [0.1, 0.15) is 37.1 Å². The number of benzene rings is 2. The summed E-state index contributed by atoms with van der Waals surface area (Å²) in [7, 11) is -2.38. The lowest BCUT2D eigenvalue weighted by molar-refractivity contribution is -0.137. The normalized spacial score (nSPS) is 20.5. The van der Waals surface area contributed by atoms with Crippen LogP contribution in [0, 0.1) is 5.92 Å². The number of aromatic amines is 1. The summed E-state index contributed by atoms with van der Waals surface area (Å²) >= 11 is 0. The maximum absolute atomic E-state index is 13.2. The summed E-state index contributed by atoms with van der Waals surface area (Å²) in [6.07, 6.45) is 5.18. The Kier molecular flexibility index (Phi) is 9.13. The van der Waals surface area contributed by atoms with Gasteiger partial charge in [0.25, 0.3) is 0 Å². The lowest BCUT2D eigenvalue weighted by Gasteiger charge is -2.17. The van der Waals surface area contributed by atoms with E-state index in [2.05, 4.69) is 20.8 Å². The summed E-state index contributed by atoms with van der Waals surface area (Å²) in [5.41, 5.74) is 1.91. The van der Waals surface area contributed by atoms with E-state index in [0.29, 0.717) is 29.3 Å². The molecule has 1 unspecified atom stereocenters. The second kappa shape index (κ2) is 12.6. The van der Waals surface area contributed by atoms with Crippen molar-refractivity contribution in [3.8, 4) is 0 Å². The number of nitrogens with one attached hydrogen (secondary N) is 3. The molecule has 11 heteroatoms. The Balaban J connectivity index is 1.66. The molecule has 0 fully saturated rings. The highest BCUT2D eigenvalue weighted by Gasteiger charge is 2.30. The summed E-state index contributed by atoms with van der Waals surface area (Å²) < 4.78 is 51.9. The Labute approximate surface area is 237 Å². The van der Waals surface area contributed by atoms with Gasteiger partial charge in [-0.25, -0.2) is 4.99 Å². The van der Waals surface area contributed by atoms with E-state index in [-0.39, 0.29) is 11.9 Å². The highest BCUT2D eigenvalue weighted by molar-refractivity contribution is 7.70. The molecule has 3 N–H and O–H groups in total. The summed E-state index contributed by atoms with van der Waals surface area (Å²) in [5.74, 6) is 1.23. The van der Waals surface area contributed by atoms with Gasteiger partial charge in [0.15, 0.2) is 5.82 Å². The first-order valence-corrected chi connectivity index (χ1v) is 15.6. The number of aromatic nitrogens is 2. The smallest absolute Gasteiger partial charge is 0.340 e. The molecule has 214 valence electrons. The largest absolute Gasteiger partial charge is 0.416 e. The Hall–Kier alpha value is -4.17. The predicted octanol–water partition coefficient (Wildman–Crippen LogP) is 7.63. The van der Waals surface area contributed by atoms with Gasteiger partial charge >= 0.3 is 6.18 Å². The number of guanidine groups is 1. The Morgan fingerprint density at radius 3 is 2.44 bits per heavy atom. The van der Waals surface area contributed by atoms with Crippen molar-refractivity contribution in [2.45, 2.75) is 26.4 Å². The van der Waals surface area contributed by atoms with Crippen LogP contribution in [0.25, 0.3) is 12.2 Å². The molecule has 7 nitrogen and oxygen atoms in total. The Bertz CT molecular complexity index is 1580. The number of hydrogen-bond acceptors (Lipinski definition) is 6. The van der Waals surface area contributed by atoms with Gasteiger partial charge < -0.3 is 15.2 Å². The highest BCUT2D eigenvalue weighted by atomic mass is 31.2. The van der Waals surface area contributed by atoms with Gasteiger partial charge in [-0.3, -0.25) is 5.10 Å². The molecular weight excluding hydrogens is 548 g/mol. The van der Waals surface area contributed by atoms with Gasteiger partial charge in [-0.05, 0) is 86.9 Å². The van der Waals surface area contributed by atoms with E-state index in [9.17, 15) is 17.7 Å². The van der Waals surface area contributed by atoms with Gasteiger partial charge in [-0.2, -0.15) is 23.3 Å². The Morgan fingerprint density at radius 1 is 1.00 bits per heavy atom. The molecule has 0 amide bonds. The summed E-state index contributed by atoms with van der Waals surface area (Å²) in [6, 6.07) is 14.3. The van der Waals surface area contributed by atoms with Crippen LogP contribution in [-0.2, 0) is 10.7 Å². The first-order valence-electron chi connectivity index (χ1n) is 13.0. The van der Waals surface area contributed by atoms with E-state index in [4.69, 9.17) is 9.98 Å². The zero-order valence-corrected chi connectivity index (χ0v) is 24.1. The molecule has 3 aromatic rings. The van der Waals surface area contributed by atoms with Crippen LogP contribution in [0.15, 0.2) is 88.6 Å². The number of hydrogen-bond donors (Lipinski definition) is 3. The number of halogens is 3. The van der Waals surface area contributed by atoms with Crippen LogP contribution in [0.3, 0.4) is 0 Å². The van der Waals surface area contributed by atoms with E-state index in [1.54, 1.807) is 31.5 Å². The fraction of sp³-hybridized carbons (Fsp3) is 0.233. The average molecular weight is 581 g/mol. The molecule has 1 aromatic heterocycles. The third kappa shape index (κ3) is 8.41. The number of anilines is 2. The number of allylic oxidation sites excluding steroid dienone is 3. The van der Waals surface area contributed by atoms with E-state index in [1.165, 1.54) is 6.07 Å². The molecular formula is C30H32F3N6OP. The minimum absolute atomic E-state index is 0.0765. The zero-order valence-electron chi connectivity index (χ0n) is 23.2. The topological polar surface area (TPSA) is 94.5 Å². The minimum Gasteiger partial charge on any atom is -0.340 e. The Morgan fingerprint density at radius 2 is 1.76 bits per heavy atom. The van der Waals surface area contributed by atoms with Crippen molar-refractivity contribution in [3.05, 3.63) is 95.5 Å². The molecule has 0 radical (unpaired) electrons. The van der Waals surface area contributed by atoms with Gasteiger partial charge in [-0.15, -0.1) is 0 Å². The second-order valence-electron chi connectivity index (χ2n) is 10.0. The summed E-state index contributed by atoms with van der Waals surface area (Å²) in [6.45, 7) is 7.34. The number of nitrogens with zero attached hydrogens (tertiary/aromatic N) is 3. The van der Waals surface area contributed by atoms with Gasteiger partial charge in [0.2, 0.25) is 5.96 Å². The molecule has 2 aromatic carbocycles. The van der Waals surface area contributed by atoms with E-state index < -0.39 is 18.9 Å². The van der Waals surface area contributed by atoms with Gasteiger partial charge in [0.1, 0.15) is 13.0 Å². The molecule has 0 bridgehead atoms. The predicted molar refractivity (Wildman–Crippen MR) is 163 cm³/mol. The van der Waals surface area contributed by atoms with Gasteiger partial charge in [0, 0.05) is 28.7 Å². The first-order chi connectivity index (χ1) is 19.4. The van der Waals surface area contributed by atoms with Crippen molar-refractivity contribution in [1.29, 1.82) is 0 Å². The van der Waals surface area contributed by atoms with Gasteiger partial charge in [0.05, 0.1) is 11.3 Å². The van der Waals surface area contributed by atoms with Crippen molar-refractivity contribution < 1.29 is 17.7 Å². The third-order valence-corrected chi connectivity index (χ3v) is 7.78.